The molecule has 1 atom stereocenters. The SMILES string of the molecule is CC(N)(c1ccccc1Cl)C(F)F. The number of rotatable bonds is 2. The van der Waals surface area contributed by atoms with Crippen LogP contribution in [0.1, 0.15) is 12.5 Å². The van der Waals surface area contributed by atoms with E-state index in [0.717, 1.165) is 0 Å². The van der Waals surface area contributed by atoms with Crippen molar-refractivity contribution in [3.63, 3.8) is 0 Å². The Morgan fingerprint density at radius 1 is 1.38 bits per heavy atom. The van der Waals surface area contributed by atoms with Gasteiger partial charge in [0, 0.05) is 5.02 Å². The van der Waals surface area contributed by atoms with Crippen LogP contribution in [-0.4, -0.2) is 6.43 Å². The lowest BCUT2D eigenvalue weighted by Gasteiger charge is -2.24. The third kappa shape index (κ3) is 1.98. The number of nitrogens with two attached hydrogens (primary N) is 1. The van der Waals surface area contributed by atoms with Crippen LogP contribution in [0.3, 0.4) is 0 Å². The minimum Gasteiger partial charge on any atom is -0.317 e. The van der Waals surface area contributed by atoms with Crippen LogP contribution in [0.5, 0.6) is 0 Å². The lowest BCUT2D eigenvalue weighted by molar-refractivity contribution is 0.0626. The van der Waals surface area contributed by atoms with Gasteiger partial charge in [-0.3, -0.25) is 0 Å². The molecule has 0 aromatic heterocycles. The van der Waals surface area contributed by atoms with Crippen molar-refractivity contribution in [2.45, 2.75) is 18.9 Å². The highest BCUT2D eigenvalue weighted by Crippen LogP contribution is 2.30. The first-order valence-corrected chi connectivity index (χ1v) is 4.16. The predicted molar refractivity (Wildman–Crippen MR) is 49.0 cm³/mol. The van der Waals surface area contributed by atoms with Crippen molar-refractivity contribution in [2.24, 2.45) is 5.73 Å². The molecule has 2 N–H and O–H groups in total. The van der Waals surface area contributed by atoms with Crippen LogP contribution in [0.15, 0.2) is 24.3 Å². The van der Waals surface area contributed by atoms with Gasteiger partial charge in [0.05, 0.1) is 0 Å². The zero-order valence-corrected chi connectivity index (χ0v) is 7.85. The van der Waals surface area contributed by atoms with Crippen LogP contribution in [-0.2, 0) is 5.54 Å². The molecule has 0 bridgehead atoms. The molecular weight excluding hydrogens is 196 g/mol. The van der Waals surface area contributed by atoms with Gasteiger partial charge in [-0.25, -0.2) is 8.78 Å². The summed E-state index contributed by atoms with van der Waals surface area (Å²) in [5.74, 6) is 0. The average molecular weight is 206 g/mol. The third-order valence-corrected chi connectivity index (χ3v) is 2.24. The summed E-state index contributed by atoms with van der Waals surface area (Å²) in [7, 11) is 0. The molecule has 0 amide bonds. The van der Waals surface area contributed by atoms with E-state index in [4.69, 9.17) is 17.3 Å². The van der Waals surface area contributed by atoms with Crippen LogP contribution in [0.2, 0.25) is 5.02 Å². The van der Waals surface area contributed by atoms with Crippen LogP contribution < -0.4 is 5.73 Å². The standard InChI is InChI=1S/C9H10ClF2N/c1-9(13,8(11)12)6-4-2-3-5-7(6)10/h2-5,8H,13H2,1H3. The lowest BCUT2D eigenvalue weighted by atomic mass is 9.94. The molecule has 0 saturated carbocycles. The highest BCUT2D eigenvalue weighted by Gasteiger charge is 2.33. The summed E-state index contributed by atoms with van der Waals surface area (Å²) in [6.45, 7) is 1.26. The molecule has 13 heavy (non-hydrogen) atoms. The molecule has 1 aromatic carbocycles. The monoisotopic (exact) mass is 205 g/mol. The topological polar surface area (TPSA) is 26.0 Å². The average Bonchev–Trinajstić information content (AvgIpc) is 2.04. The molecule has 0 fully saturated rings. The summed E-state index contributed by atoms with van der Waals surface area (Å²) < 4.78 is 25.0. The van der Waals surface area contributed by atoms with Crippen molar-refractivity contribution >= 4 is 11.6 Å². The Bertz CT molecular complexity index is 299. The number of halogens is 3. The van der Waals surface area contributed by atoms with Gasteiger partial charge in [0.1, 0.15) is 5.54 Å². The van der Waals surface area contributed by atoms with E-state index in [1.54, 1.807) is 18.2 Å². The second-order valence-corrected chi connectivity index (χ2v) is 3.47. The molecule has 0 aliphatic heterocycles. The maximum Gasteiger partial charge on any atom is 0.260 e. The predicted octanol–water partition coefficient (Wildman–Crippen LogP) is 2.78. The number of hydrogen-bond donors (Lipinski definition) is 1. The van der Waals surface area contributed by atoms with Crippen molar-refractivity contribution in [1.82, 2.24) is 0 Å². The summed E-state index contributed by atoms with van der Waals surface area (Å²) in [5, 5.41) is 0.271. The zero-order chi connectivity index (χ0) is 10.1. The Labute approximate surface area is 80.5 Å². The Kier molecular flexibility index (Phi) is 2.88. The van der Waals surface area contributed by atoms with Crippen molar-refractivity contribution in [3.8, 4) is 0 Å². The van der Waals surface area contributed by atoms with Gasteiger partial charge in [-0.15, -0.1) is 0 Å². The second-order valence-electron chi connectivity index (χ2n) is 3.06. The Morgan fingerprint density at radius 2 is 1.92 bits per heavy atom. The zero-order valence-electron chi connectivity index (χ0n) is 7.10. The first-order valence-electron chi connectivity index (χ1n) is 3.78. The van der Waals surface area contributed by atoms with Crippen LogP contribution >= 0.6 is 11.6 Å². The van der Waals surface area contributed by atoms with Crippen molar-refractivity contribution in [1.29, 1.82) is 0 Å². The maximum atomic E-state index is 12.5. The van der Waals surface area contributed by atoms with E-state index in [0.29, 0.717) is 0 Å². The smallest absolute Gasteiger partial charge is 0.260 e. The van der Waals surface area contributed by atoms with Crippen LogP contribution in [0.4, 0.5) is 8.78 Å². The van der Waals surface area contributed by atoms with E-state index in [2.05, 4.69) is 0 Å². The first kappa shape index (κ1) is 10.4. The Hall–Kier alpha value is -0.670. The summed E-state index contributed by atoms with van der Waals surface area (Å²) in [6, 6.07) is 6.36. The van der Waals surface area contributed by atoms with Gasteiger partial charge >= 0.3 is 0 Å². The fourth-order valence-electron chi connectivity index (χ4n) is 1.02. The van der Waals surface area contributed by atoms with Crippen LogP contribution in [0.25, 0.3) is 0 Å². The molecule has 1 rings (SSSR count). The largest absolute Gasteiger partial charge is 0.317 e. The van der Waals surface area contributed by atoms with Gasteiger partial charge in [-0.05, 0) is 18.6 Å². The van der Waals surface area contributed by atoms with Gasteiger partial charge in [0.2, 0.25) is 0 Å². The number of benzene rings is 1. The molecule has 0 aliphatic rings. The van der Waals surface area contributed by atoms with E-state index >= 15 is 0 Å². The van der Waals surface area contributed by atoms with Gasteiger partial charge < -0.3 is 5.73 Å². The summed E-state index contributed by atoms with van der Waals surface area (Å²) >= 11 is 5.74. The van der Waals surface area contributed by atoms with E-state index in [1.165, 1.54) is 13.0 Å². The van der Waals surface area contributed by atoms with Gasteiger partial charge in [0.15, 0.2) is 0 Å². The van der Waals surface area contributed by atoms with Crippen molar-refractivity contribution in [3.05, 3.63) is 34.9 Å². The lowest BCUT2D eigenvalue weighted by Crippen LogP contribution is -2.40. The minimum atomic E-state index is -2.63. The first-order chi connectivity index (χ1) is 5.96. The third-order valence-electron chi connectivity index (χ3n) is 1.91. The molecule has 1 nitrogen and oxygen atoms in total. The van der Waals surface area contributed by atoms with Gasteiger partial charge in [-0.2, -0.15) is 0 Å². The highest BCUT2D eigenvalue weighted by molar-refractivity contribution is 6.31. The number of hydrogen-bond acceptors (Lipinski definition) is 1. The number of alkyl halides is 2. The van der Waals surface area contributed by atoms with E-state index in [-0.39, 0.29) is 10.6 Å². The van der Waals surface area contributed by atoms with E-state index < -0.39 is 12.0 Å². The summed E-state index contributed by atoms with van der Waals surface area (Å²) in [4.78, 5) is 0. The Morgan fingerprint density at radius 3 is 2.38 bits per heavy atom. The fraction of sp³-hybridized carbons (Fsp3) is 0.333. The molecule has 0 aliphatic carbocycles. The maximum absolute atomic E-state index is 12.5. The van der Waals surface area contributed by atoms with Crippen molar-refractivity contribution in [2.75, 3.05) is 0 Å². The minimum absolute atomic E-state index is 0.270. The summed E-state index contributed by atoms with van der Waals surface area (Å²) in [5.41, 5.74) is 4.04. The molecule has 0 radical (unpaired) electrons. The molecular formula is C9H10ClF2N. The van der Waals surface area contributed by atoms with Crippen LogP contribution in [0, 0.1) is 0 Å². The molecule has 72 valence electrons. The van der Waals surface area contributed by atoms with E-state index in [9.17, 15) is 8.78 Å². The molecule has 0 spiro atoms. The molecule has 1 unspecified atom stereocenters. The van der Waals surface area contributed by atoms with Crippen molar-refractivity contribution < 1.29 is 8.78 Å². The Balaban J connectivity index is 3.14. The quantitative estimate of drug-likeness (QED) is 0.790. The van der Waals surface area contributed by atoms with Gasteiger partial charge in [-0.1, -0.05) is 29.8 Å². The molecule has 0 heterocycles. The second kappa shape index (κ2) is 3.60. The molecule has 1 aromatic rings. The molecule has 4 heteroatoms. The summed E-state index contributed by atoms with van der Waals surface area (Å²) in [6.07, 6.45) is -2.63. The van der Waals surface area contributed by atoms with E-state index in [1.807, 2.05) is 0 Å². The highest BCUT2D eigenvalue weighted by atomic mass is 35.5. The molecule has 0 saturated heterocycles. The van der Waals surface area contributed by atoms with Gasteiger partial charge in [0.25, 0.3) is 6.43 Å². The normalized spacial score (nSPS) is 15.8. The fourth-order valence-corrected chi connectivity index (χ4v) is 1.35.